The topological polar surface area (TPSA) is 60.7 Å². The van der Waals surface area contributed by atoms with Crippen molar-refractivity contribution in [1.29, 1.82) is 0 Å². The van der Waals surface area contributed by atoms with E-state index in [1.165, 1.54) is 24.8 Å². The van der Waals surface area contributed by atoms with Gasteiger partial charge in [0.25, 0.3) is 0 Å². The molecule has 0 radical (unpaired) electrons. The fraction of sp³-hybridized carbons (Fsp3) is 0.933. The predicted octanol–water partition coefficient (Wildman–Crippen LogP) is 6.50. The van der Waals surface area contributed by atoms with Crippen LogP contribution in [0.5, 0.6) is 0 Å². The summed E-state index contributed by atoms with van der Waals surface area (Å²) in [7, 11) is 0. The zero-order valence-electron chi connectivity index (χ0n) is 22.6. The Hall–Kier alpha value is -0.380. The zero-order valence-corrected chi connectivity index (χ0v) is 22.6. The summed E-state index contributed by atoms with van der Waals surface area (Å²) >= 11 is 0. The van der Waals surface area contributed by atoms with E-state index in [1.54, 1.807) is 0 Å². The lowest BCUT2D eigenvalue weighted by molar-refractivity contribution is -0.240. The SMILES string of the molecule is C=C(CCCC(C)(C)O)[C@H]1CC[C@]2(C)[C@@H]1[C@H](O)C[C@@H]1[C@@]3(C)CC[C@H](O)C(C)(C)[C@@H]3CC[C@]12C. The standard InChI is InChI=1S/C30H52O3/c1-19(10-9-14-26(2,3)33)20-11-16-30(8)25(20)21(31)18-23-28(6)15-13-24(32)27(4,5)22(28)12-17-29(23,30)7/h20-25,31-33H,1,9-18H2,2-8H3/t20-,21-,22+,23-,24+,25+,28+,29-,30-/m1/s1. The maximum Gasteiger partial charge on any atom is 0.0594 e. The van der Waals surface area contributed by atoms with Crippen LogP contribution in [0.2, 0.25) is 0 Å². The maximum absolute atomic E-state index is 11.7. The Morgan fingerprint density at radius 3 is 2.18 bits per heavy atom. The first kappa shape index (κ1) is 25.7. The summed E-state index contributed by atoms with van der Waals surface area (Å²) in [6, 6.07) is 0. The van der Waals surface area contributed by atoms with Crippen molar-refractivity contribution in [3.05, 3.63) is 12.2 Å². The molecule has 4 aliphatic carbocycles. The maximum atomic E-state index is 11.7. The predicted molar refractivity (Wildman–Crippen MR) is 136 cm³/mol. The monoisotopic (exact) mass is 460 g/mol. The first-order chi connectivity index (χ1) is 15.1. The summed E-state index contributed by atoms with van der Waals surface area (Å²) in [5.74, 6) is 1.73. The molecule has 0 spiro atoms. The van der Waals surface area contributed by atoms with Gasteiger partial charge in [0.15, 0.2) is 0 Å². The normalized spacial score (nSPS) is 49.2. The van der Waals surface area contributed by atoms with Gasteiger partial charge < -0.3 is 15.3 Å². The Morgan fingerprint density at radius 1 is 0.909 bits per heavy atom. The van der Waals surface area contributed by atoms with E-state index in [0.29, 0.717) is 23.7 Å². The molecular formula is C30H52O3. The van der Waals surface area contributed by atoms with Crippen LogP contribution in [0, 0.1) is 45.3 Å². The molecule has 190 valence electrons. The Morgan fingerprint density at radius 2 is 1.55 bits per heavy atom. The Balaban J connectivity index is 1.60. The molecule has 3 nitrogen and oxygen atoms in total. The Labute approximate surface area is 203 Å². The van der Waals surface area contributed by atoms with Crippen molar-refractivity contribution in [2.24, 2.45) is 45.3 Å². The highest BCUT2D eigenvalue weighted by Crippen LogP contribution is 2.75. The minimum absolute atomic E-state index is 0.0516. The summed E-state index contributed by atoms with van der Waals surface area (Å²) in [4.78, 5) is 0. The molecule has 4 saturated carbocycles. The van der Waals surface area contributed by atoms with Crippen LogP contribution in [0.3, 0.4) is 0 Å². The summed E-state index contributed by atoms with van der Waals surface area (Å²) in [5, 5.41) is 32.7. The molecule has 3 N–H and O–H groups in total. The van der Waals surface area contributed by atoms with Crippen molar-refractivity contribution in [3.8, 4) is 0 Å². The fourth-order valence-corrected chi connectivity index (χ4v) is 10.1. The second-order valence-corrected chi connectivity index (χ2v) is 14.7. The van der Waals surface area contributed by atoms with E-state index in [0.717, 1.165) is 44.9 Å². The zero-order chi connectivity index (χ0) is 24.6. The van der Waals surface area contributed by atoms with E-state index in [-0.39, 0.29) is 33.9 Å². The summed E-state index contributed by atoms with van der Waals surface area (Å²) < 4.78 is 0. The van der Waals surface area contributed by atoms with Gasteiger partial charge in [-0.25, -0.2) is 0 Å². The molecule has 0 heterocycles. The van der Waals surface area contributed by atoms with Crippen LogP contribution >= 0.6 is 0 Å². The van der Waals surface area contributed by atoms with Crippen LogP contribution < -0.4 is 0 Å². The molecular weight excluding hydrogens is 408 g/mol. The largest absolute Gasteiger partial charge is 0.393 e. The fourth-order valence-electron chi connectivity index (χ4n) is 10.1. The molecule has 0 amide bonds. The molecule has 9 atom stereocenters. The second kappa shape index (κ2) is 8.07. The summed E-state index contributed by atoms with van der Waals surface area (Å²) in [6.45, 7) is 20.4. The van der Waals surface area contributed by atoms with Crippen molar-refractivity contribution < 1.29 is 15.3 Å². The first-order valence-electron chi connectivity index (χ1n) is 13.8. The lowest BCUT2D eigenvalue weighted by Crippen LogP contribution is -2.66. The van der Waals surface area contributed by atoms with E-state index in [2.05, 4.69) is 41.2 Å². The third-order valence-electron chi connectivity index (χ3n) is 12.2. The van der Waals surface area contributed by atoms with E-state index in [9.17, 15) is 15.3 Å². The van der Waals surface area contributed by atoms with E-state index < -0.39 is 5.60 Å². The molecule has 0 aliphatic heterocycles. The highest BCUT2D eigenvalue weighted by molar-refractivity contribution is 5.22. The quantitative estimate of drug-likeness (QED) is 0.410. The smallest absolute Gasteiger partial charge is 0.0594 e. The molecule has 0 unspecified atom stereocenters. The van der Waals surface area contributed by atoms with Crippen LogP contribution in [0.25, 0.3) is 0 Å². The minimum Gasteiger partial charge on any atom is -0.393 e. The molecule has 33 heavy (non-hydrogen) atoms. The van der Waals surface area contributed by atoms with Crippen molar-refractivity contribution in [3.63, 3.8) is 0 Å². The number of allylic oxidation sites excluding steroid dienone is 1. The van der Waals surface area contributed by atoms with Crippen molar-refractivity contribution in [2.75, 3.05) is 0 Å². The number of hydrogen-bond donors (Lipinski definition) is 3. The second-order valence-electron chi connectivity index (χ2n) is 14.7. The molecule has 0 aromatic rings. The number of fused-ring (bicyclic) bond motifs is 5. The van der Waals surface area contributed by atoms with Gasteiger partial charge in [0.1, 0.15) is 0 Å². The molecule has 0 aromatic heterocycles. The van der Waals surface area contributed by atoms with Gasteiger partial charge in [-0.2, -0.15) is 0 Å². The van der Waals surface area contributed by atoms with Crippen LogP contribution in [0.1, 0.15) is 113 Å². The third kappa shape index (κ3) is 3.78. The number of rotatable bonds is 5. The van der Waals surface area contributed by atoms with Gasteiger partial charge in [0.2, 0.25) is 0 Å². The van der Waals surface area contributed by atoms with Crippen LogP contribution in [-0.4, -0.2) is 33.1 Å². The number of hydrogen-bond acceptors (Lipinski definition) is 3. The van der Waals surface area contributed by atoms with E-state index in [4.69, 9.17) is 0 Å². The van der Waals surface area contributed by atoms with Crippen LogP contribution in [-0.2, 0) is 0 Å². The van der Waals surface area contributed by atoms with Crippen LogP contribution in [0.4, 0.5) is 0 Å². The molecule has 3 heteroatoms. The number of aliphatic hydroxyl groups is 3. The van der Waals surface area contributed by atoms with Crippen molar-refractivity contribution in [1.82, 2.24) is 0 Å². The van der Waals surface area contributed by atoms with Gasteiger partial charge in [-0.1, -0.05) is 46.8 Å². The van der Waals surface area contributed by atoms with Gasteiger partial charge >= 0.3 is 0 Å². The third-order valence-corrected chi connectivity index (χ3v) is 12.2. The molecule has 0 bridgehead atoms. The lowest BCUT2D eigenvalue weighted by Gasteiger charge is -2.70. The number of aliphatic hydroxyl groups excluding tert-OH is 2. The molecule has 0 saturated heterocycles. The lowest BCUT2D eigenvalue weighted by atomic mass is 9.35. The van der Waals surface area contributed by atoms with E-state index >= 15 is 0 Å². The van der Waals surface area contributed by atoms with Gasteiger partial charge in [0.05, 0.1) is 17.8 Å². The highest BCUT2D eigenvalue weighted by Gasteiger charge is 2.70. The molecule has 4 aliphatic rings. The van der Waals surface area contributed by atoms with Gasteiger partial charge in [-0.05, 0) is 123 Å². The molecule has 0 aromatic carbocycles. The molecule has 4 fully saturated rings. The Bertz CT molecular complexity index is 765. The van der Waals surface area contributed by atoms with Crippen molar-refractivity contribution in [2.45, 2.75) is 130 Å². The van der Waals surface area contributed by atoms with Crippen LogP contribution in [0.15, 0.2) is 12.2 Å². The average Bonchev–Trinajstić information content (AvgIpc) is 3.06. The summed E-state index contributed by atoms with van der Waals surface area (Å²) in [5.41, 5.74) is 1.17. The first-order valence-corrected chi connectivity index (χ1v) is 13.8. The van der Waals surface area contributed by atoms with E-state index in [1.807, 2.05) is 13.8 Å². The van der Waals surface area contributed by atoms with Gasteiger partial charge in [-0.3, -0.25) is 0 Å². The average molecular weight is 461 g/mol. The van der Waals surface area contributed by atoms with Gasteiger partial charge in [0, 0.05) is 0 Å². The highest BCUT2D eigenvalue weighted by atomic mass is 16.3. The van der Waals surface area contributed by atoms with Crippen molar-refractivity contribution >= 4 is 0 Å². The van der Waals surface area contributed by atoms with Gasteiger partial charge in [-0.15, -0.1) is 0 Å². The minimum atomic E-state index is -0.620. The molecule has 4 rings (SSSR count). The summed E-state index contributed by atoms with van der Waals surface area (Å²) in [6.07, 6.45) is 9.87. The Kier molecular flexibility index (Phi) is 6.28.